The quantitative estimate of drug-likeness (QED) is 0.512. The average molecular weight is 549 g/mol. The van der Waals surface area contributed by atoms with Crippen molar-refractivity contribution in [2.45, 2.75) is 44.8 Å². The molecule has 0 aromatic heterocycles. The molecule has 0 saturated heterocycles. The van der Waals surface area contributed by atoms with E-state index in [9.17, 15) is 31.9 Å². The standard InChI is InChI=1S/C28H28F4N2O5/c1-26(2)14-19-23(20(35)15-26)27(28(30,31)32,25(37)34(19)12-11-16-5-8-18(29)9-6-16)33-24(36)17-7-10-21(38-3)22(13-17)39-4/h5-10,13H,11-12,14-15H2,1-4H3,(H,33,36)/t27-/m1/s1. The van der Waals surface area contributed by atoms with Gasteiger partial charge in [-0.1, -0.05) is 26.0 Å². The Morgan fingerprint density at radius 2 is 1.64 bits per heavy atom. The number of ketones is 1. The number of ether oxygens (including phenoxy) is 2. The summed E-state index contributed by atoms with van der Waals surface area (Å²) in [5.74, 6) is -3.66. The SMILES string of the molecule is COc1ccc(C(=O)N[C@@]2(C(F)(F)F)C(=O)N(CCc3ccc(F)cc3)C3=C2C(=O)CC(C)(C)C3)cc1OC. The molecule has 2 amide bonds. The van der Waals surface area contributed by atoms with Gasteiger partial charge < -0.3 is 19.7 Å². The summed E-state index contributed by atoms with van der Waals surface area (Å²) in [5.41, 5.74) is -4.73. The first-order chi connectivity index (χ1) is 18.2. The summed E-state index contributed by atoms with van der Waals surface area (Å²) >= 11 is 0. The van der Waals surface area contributed by atoms with Gasteiger partial charge in [0.2, 0.25) is 5.54 Å². The van der Waals surface area contributed by atoms with Crippen LogP contribution < -0.4 is 14.8 Å². The van der Waals surface area contributed by atoms with Crippen LogP contribution in [0.1, 0.15) is 42.6 Å². The van der Waals surface area contributed by atoms with Crippen LogP contribution in [0.15, 0.2) is 53.7 Å². The fourth-order valence-corrected chi connectivity index (χ4v) is 5.17. The lowest BCUT2D eigenvalue weighted by molar-refractivity contribution is -0.190. The number of halogens is 4. The van der Waals surface area contributed by atoms with Crippen molar-refractivity contribution in [1.82, 2.24) is 10.2 Å². The number of carbonyl (C=O) groups is 3. The number of nitrogens with one attached hydrogen (secondary N) is 1. The molecule has 208 valence electrons. The molecule has 1 atom stereocenters. The van der Waals surface area contributed by atoms with Crippen LogP contribution in [0.3, 0.4) is 0 Å². The third-order valence-corrected chi connectivity index (χ3v) is 7.03. The lowest BCUT2D eigenvalue weighted by Crippen LogP contribution is -2.66. The Balaban J connectivity index is 1.79. The highest BCUT2D eigenvalue weighted by Crippen LogP contribution is 2.51. The number of amides is 2. The van der Waals surface area contributed by atoms with Crippen molar-refractivity contribution < 1.29 is 41.4 Å². The first-order valence-corrected chi connectivity index (χ1v) is 12.2. The smallest absolute Gasteiger partial charge is 0.425 e. The van der Waals surface area contributed by atoms with Crippen LogP contribution in [-0.2, 0) is 16.0 Å². The molecule has 0 spiro atoms. The Morgan fingerprint density at radius 3 is 2.23 bits per heavy atom. The third-order valence-electron chi connectivity index (χ3n) is 7.03. The molecule has 0 unspecified atom stereocenters. The Kier molecular flexibility index (Phi) is 7.22. The Morgan fingerprint density at radius 1 is 1.00 bits per heavy atom. The largest absolute Gasteiger partial charge is 0.493 e. The number of rotatable bonds is 7. The lowest BCUT2D eigenvalue weighted by Gasteiger charge is -2.35. The number of hydrogen-bond acceptors (Lipinski definition) is 5. The van der Waals surface area contributed by atoms with E-state index in [1.807, 2.05) is 5.32 Å². The van der Waals surface area contributed by atoms with Crippen molar-refractivity contribution in [1.29, 1.82) is 0 Å². The van der Waals surface area contributed by atoms with Crippen LogP contribution in [0, 0.1) is 11.2 Å². The molecule has 4 rings (SSSR count). The summed E-state index contributed by atoms with van der Waals surface area (Å²) in [7, 11) is 2.66. The fraction of sp³-hybridized carbons (Fsp3) is 0.393. The monoisotopic (exact) mass is 548 g/mol. The van der Waals surface area contributed by atoms with E-state index in [4.69, 9.17) is 9.47 Å². The number of nitrogens with zero attached hydrogens (tertiary/aromatic N) is 1. The highest BCUT2D eigenvalue weighted by atomic mass is 19.4. The second kappa shape index (κ2) is 10.0. The highest BCUT2D eigenvalue weighted by Gasteiger charge is 2.71. The summed E-state index contributed by atoms with van der Waals surface area (Å²) in [6, 6.07) is 9.12. The van der Waals surface area contributed by atoms with Crippen molar-refractivity contribution >= 4 is 17.6 Å². The number of hydrogen-bond donors (Lipinski definition) is 1. The molecule has 2 aromatic carbocycles. The van der Waals surface area contributed by atoms with Crippen molar-refractivity contribution in [2.24, 2.45) is 5.41 Å². The van der Waals surface area contributed by atoms with Crippen molar-refractivity contribution in [2.75, 3.05) is 20.8 Å². The van der Waals surface area contributed by atoms with Gasteiger partial charge in [0, 0.05) is 24.2 Å². The number of alkyl halides is 3. The summed E-state index contributed by atoms with van der Waals surface area (Å²) < 4.78 is 68.6. The van der Waals surface area contributed by atoms with Gasteiger partial charge in [-0.3, -0.25) is 14.4 Å². The molecule has 7 nitrogen and oxygen atoms in total. The summed E-state index contributed by atoms with van der Waals surface area (Å²) in [6.07, 6.45) is -5.43. The van der Waals surface area contributed by atoms with Crippen molar-refractivity contribution in [3.8, 4) is 11.5 Å². The average Bonchev–Trinajstić information content (AvgIpc) is 3.10. The molecular weight excluding hydrogens is 520 g/mol. The molecule has 2 aliphatic rings. The van der Waals surface area contributed by atoms with Crippen LogP contribution in [-0.4, -0.2) is 55.0 Å². The van der Waals surface area contributed by atoms with Crippen LogP contribution in [0.2, 0.25) is 0 Å². The van der Waals surface area contributed by atoms with Gasteiger partial charge in [-0.05, 0) is 54.2 Å². The second-order valence-electron chi connectivity index (χ2n) is 10.4. The second-order valence-corrected chi connectivity index (χ2v) is 10.4. The van der Waals surface area contributed by atoms with Gasteiger partial charge in [-0.2, -0.15) is 13.2 Å². The van der Waals surface area contributed by atoms with Gasteiger partial charge in [0.25, 0.3) is 11.8 Å². The zero-order valence-electron chi connectivity index (χ0n) is 21.9. The van der Waals surface area contributed by atoms with E-state index in [1.54, 1.807) is 13.8 Å². The van der Waals surface area contributed by atoms with Gasteiger partial charge in [0.1, 0.15) is 5.82 Å². The number of methoxy groups -OCH3 is 2. The van der Waals surface area contributed by atoms with Gasteiger partial charge in [-0.15, -0.1) is 0 Å². The van der Waals surface area contributed by atoms with E-state index in [2.05, 4.69) is 0 Å². The Hall–Kier alpha value is -3.89. The maximum Gasteiger partial charge on any atom is 0.425 e. The van der Waals surface area contributed by atoms with E-state index in [0.29, 0.717) is 5.56 Å². The van der Waals surface area contributed by atoms with E-state index < -0.39 is 46.1 Å². The van der Waals surface area contributed by atoms with E-state index in [0.717, 1.165) is 4.90 Å². The maximum atomic E-state index is 15.0. The molecule has 0 bridgehead atoms. The lowest BCUT2D eigenvalue weighted by atomic mass is 9.72. The first-order valence-electron chi connectivity index (χ1n) is 12.2. The normalized spacial score (nSPS) is 20.7. The zero-order chi connectivity index (χ0) is 28.8. The van der Waals surface area contributed by atoms with Crippen LogP contribution >= 0.6 is 0 Å². The van der Waals surface area contributed by atoms with Gasteiger partial charge >= 0.3 is 6.18 Å². The molecule has 39 heavy (non-hydrogen) atoms. The number of benzene rings is 2. The summed E-state index contributed by atoms with van der Waals surface area (Å²) in [5, 5.41) is 1.90. The first kappa shape index (κ1) is 28.1. The molecule has 1 N–H and O–H groups in total. The summed E-state index contributed by atoms with van der Waals surface area (Å²) in [6.45, 7) is 3.26. The molecule has 2 aromatic rings. The van der Waals surface area contributed by atoms with Crippen molar-refractivity contribution in [3.05, 3.63) is 70.7 Å². The molecule has 0 saturated carbocycles. The molecule has 0 radical (unpaired) electrons. The molecular formula is C28H28F4N2O5. The zero-order valence-corrected chi connectivity index (χ0v) is 21.9. The summed E-state index contributed by atoms with van der Waals surface area (Å²) in [4.78, 5) is 41.2. The van der Waals surface area contributed by atoms with Gasteiger partial charge in [0.05, 0.1) is 19.8 Å². The molecule has 1 aliphatic heterocycles. The number of allylic oxidation sites excluding steroid dienone is 1. The maximum absolute atomic E-state index is 15.0. The highest BCUT2D eigenvalue weighted by molar-refractivity contribution is 6.14. The fourth-order valence-electron chi connectivity index (χ4n) is 5.17. The van der Waals surface area contributed by atoms with Crippen molar-refractivity contribution in [3.63, 3.8) is 0 Å². The van der Waals surface area contributed by atoms with Gasteiger partial charge in [-0.25, -0.2) is 4.39 Å². The van der Waals surface area contributed by atoms with Gasteiger partial charge in [0.15, 0.2) is 17.3 Å². The third kappa shape index (κ3) is 4.97. The topological polar surface area (TPSA) is 84.9 Å². The van der Waals surface area contributed by atoms with Crippen LogP contribution in [0.25, 0.3) is 0 Å². The number of Topliss-reactive ketones (excluding diaryl/α,β-unsaturated/α-hetero) is 1. The van der Waals surface area contributed by atoms with E-state index >= 15 is 0 Å². The Labute approximate surface area is 222 Å². The molecule has 1 heterocycles. The Bertz CT molecular complexity index is 1350. The minimum absolute atomic E-state index is 0.0211. The molecule has 11 heteroatoms. The van der Waals surface area contributed by atoms with E-state index in [-0.39, 0.29) is 48.6 Å². The van der Waals surface area contributed by atoms with Crippen LogP contribution in [0.5, 0.6) is 11.5 Å². The minimum Gasteiger partial charge on any atom is -0.493 e. The number of carbonyl (C=O) groups excluding carboxylic acids is 3. The molecule has 1 aliphatic carbocycles. The minimum atomic E-state index is -5.33. The van der Waals surface area contributed by atoms with E-state index in [1.165, 1.54) is 56.7 Å². The predicted molar refractivity (Wildman–Crippen MR) is 133 cm³/mol. The predicted octanol–water partition coefficient (Wildman–Crippen LogP) is 4.60. The molecule has 0 fully saturated rings. The van der Waals surface area contributed by atoms with Crippen LogP contribution in [0.4, 0.5) is 17.6 Å².